The van der Waals surface area contributed by atoms with E-state index in [1.807, 2.05) is 43.3 Å². The second kappa shape index (κ2) is 8.52. The molecule has 1 saturated heterocycles. The van der Waals surface area contributed by atoms with Crippen molar-refractivity contribution in [2.45, 2.75) is 6.92 Å². The minimum Gasteiger partial charge on any atom is -0.267 e. The Morgan fingerprint density at radius 1 is 1.15 bits per heavy atom. The van der Waals surface area contributed by atoms with Crippen LogP contribution in [0.5, 0.6) is 0 Å². The molecule has 0 spiro atoms. The fourth-order valence-corrected chi connectivity index (χ4v) is 3.75. The Hall–Kier alpha value is -2.41. The summed E-state index contributed by atoms with van der Waals surface area (Å²) in [6.07, 6.45) is 3.74. The third kappa shape index (κ3) is 4.86. The standard InChI is InChI=1S/C20H15ClN2O2S2/c1-13(11-14-5-3-2-4-6-14)12-17-19(25)23(20(26)27-17)22-18(24)15-7-9-16(21)10-8-15/h2-12H,1H3,(H,22,24). The normalized spacial score (nSPS) is 16.1. The zero-order valence-electron chi connectivity index (χ0n) is 14.3. The van der Waals surface area contributed by atoms with Crippen LogP contribution in [0.15, 0.2) is 71.2 Å². The largest absolute Gasteiger partial charge is 0.285 e. The average Bonchev–Trinajstić information content (AvgIpc) is 2.90. The van der Waals surface area contributed by atoms with Crippen LogP contribution in [0.2, 0.25) is 5.02 Å². The van der Waals surface area contributed by atoms with Gasteiger partial charge in [-0.2, -0.15) is 5.01 Å². The van der Waals surface area contributed by atoms with Crippen molar-refractivity contribution in [1.82, 2.24) is 10.4 Å². The third-order valence-electron chi connectivity index (χ3n) is 3.67. The molecule has 2 aromatic rings. The summed E-state index contributed by atoms with van der Waals surface area (Å²) in [7, 11) is 0. The Morgan fingerprint density at radius 3 is 2.48 bits per heavy atom. The van der Waals surface area contributed by atoms with E-state index in [0.717, 1.165) is 27.9 Å². The zero-order chi connectivity index (χ0) is 19.4. The number of nitrogens with zero attached hydrogens (tertiary/aromatic N) is 1. The molecule has 1 fully saturated rings. The number of hydrogen-bond acceptors (Lipinski definition) is 4. The van der Waals surface area contributed by atoms with Crippen molar-refractivity contribution < 1.29 is 9.59 Å². The maximum Gasteiger partial charge on any atom is 0.285 e. The molecule has 0 unspecified atom stereocenters. The Labute approximate surface area is 171 Å². The van der Waals surface area contributed by atoms with Crippen molar-refractivity contribution in [3.63, 3.8) is 0 Å². The van der Waals surface area contributed by atoms with Crippen LogP contribution < -0.4 is 5.43 Å². The number of nitrogens with one attached hydrogen (secondary N) is 1. The fraction of sp³-hybridized carbons (Fsp3) is 0.0500. The zero-order valence-corrected chi connectivity index (χ0v) is 16.7. The third-order valence-corrected chi connectivity index (χ3v) is 5.22. The maximum atomic E-state index is 12.6. The van der Waals surface area contributed by atoms with E-state index in [1.165, 1.54) is 0 Å². The summed E-state index contributed by atoms with van der Waals surface area (Å²) in [5.74, 6) is -0.783. The summed E-state index contributed by atoms with van der Waals surface area (Å²) >= 11 is 12.2. The monoisotopic (exact) mass is 414 g/mol. The van der Waals surface area contributed by atoms with Crippen molar-refractivity contribution in [2.24, 2.45) is 0 Å². The highest BCUT2D eigenvalue weighted by Gasteiger charge is 2.33. The van der Waals surface area contributed by atoms with E-state index in [0.29, 0.717) is 15.5 Å². The van der Waals surface area contributed by atoms with Crippen LogP contribution in [0.1, 0.15) is 22.8 Å². The van der Waals surface area contributed by atoms with Crippen LogP contribution >= 0.6 is 35.6 Å². The van der Waals surface area contributed by atoms with Gasteiger partial charge in [-0.3, -0.25) is 15.0 Å². The summed E-state index contributed by atoms with van der Waals surface area (Å²) in [5, 5.41) is 1.62. The van der Waals surface area contributed by atoms with Gasteiger partial charge in [0.05, 0.1) is 4.91 Å². The van der Waals surface area contributed by atoms with Crippen molar-refractivity contribution in [3.8, 4) is 0 Å². The van der Waals surface area contributed by atoms with Crippen LogP contribution in [0.4, 0.5) is 0 Å². The first kappa shape index (κ1) is 19.4. The molecule has 27 heavy (non-hydrogen) atoms. The van der Waals surface area contributed by atoms with E-state index >= 15 is 0 Å². The van der Waals surface area contributed by atoms with Gasteiger partial charge in [0.15, 0.2) is 4.32 Å². The molecular formula is C20H15ClN2O2S2. The van der Waals surface area contributed by atoms with E-state index < -0.39 is 5.91 Å². The first-order valence-corrected chi connectivity index (χ1v) is 9.62. The van der Waals surface area contributed by atoms with Gasteiger partial charge in [-0.05, 0) is 60.6 Å². The molecule has 4 nitrogen and oxygen atoms in total. The van der Waals surface area contributed by atoms with Gasteiger partial charge in [0.25, 0.3) is 11.8 Å². The van der Waals surface area contributed by atoms with E-state index in [9.17, 15) is 9.59 Å². The Morgan fingerprint density at radius 2 is 1.81 bits per heavy atom. The molecule has 7 heteroatoms. The number of benzene rings is 2. The Kier molecular flexibility index (Phi) is 6.11. The second-order valence-electron chi connectivity index (χ2n) is 5.76. The molecule has 0 radical (unpaired) electrons. The molecule has 0 bridgehead atoms. The molecule has 0 atom stereocenters. The first-order valence-electron chi connectivity index (χ1n) is 8.02. The van der Waals surface area contributed by atoms with Gasteiger partial charge in [0.1, 0.15) is 0 Å². The smallest absolute Gasteiger partial charge is 0.267 e. The van der Waals surface area contributed by atoms with Gasteiger partial charge in [-0.25, -0.2) is 0 Å². The Bertz CT molecular complexity index is 954. The predicted molar refractivity (Wildman–Crippen MR) is 114 cm³/mol. The quantitative estimate of drug-likeness (QED) is 0.575. The predicted octanol–water partition coefficient (Wildman–Crippen LogP) is 4.83. The van der Waals surface area contributed by atoms with E-state index in [1.54, 1.807) is 30.3 Å². The lowest BCUT2D eigenvalue weighted by Gasteiger charge is -2.15. The number of rotatable bonds is 4. The molecule has 2 amide bonds. The number of allylic oxidation sites excluding steroid dienone is 2. The summed E-state index contributed by atoms with van der Waals surface area (Å²) in [6.45, 7) is 1.91. The average molecular weight is 415 g/mol. The van der Waals surface area contributed by atoms with Crippen molar-refractivity contribution in [1.29, 1.82) is 0 Å². The lowest BCUT2D eigenvalue weighted by atomic mass is 10.1. The molecule has 0 aromatic heterocycles. The molecular weight excluding hydrogens is 400 g/mol. The number of thiocarbonyl (C=S) groups is 1. The Balaban J connectivity index is 1.73. The molecule has 136 valence electrons. The van der Waals surface area contributed by atoms with Crippen LogP contribution in [0.25, 0.3) is 6.08 Å². The highest BCUT2D eigenvalue weighted by atomic mass is 35.5. The highest BCUT2D eigenvalue weighted by Crippen LogP contribution is 2.31. The second-order valence-corrected chi connectivity index (χ2v) is 7.88. The van der Waals surface area contributed by atoms with E-state index in [-0.39, 0.29) is 10.2 Å². The van der Waals surface area contributed by atoms with Crippen molar-refractivity contribution >= 4 is 57.8 Å². The molecule has 1 N–H and O–H groups in total. The number of amides is 2. The maximum absolute atomic E-state index is 12.6. The van der Waals surface area contributed by atoms with E-state index in [4.69, 9.17) is 23.8 Å². The number of hydrazine groups is 1. The lowest BCUT2D eigenvalue weighted by Crippen LogP contribution is -2.44. The van der Waals surface area contributed by atoms with Gasteiger partial charge in [-0.15, -0.1) is 0 Å². The van der Waals surface area contributed by atoms with Crippen LogP contribution in [0, 0.1) is 0 Å². The minimum absolute atomic E-state index is 0.279. The molecule has 0 aliphatic carbocycles. The van der Waals surface area contributed by atoms with Gasteiger partial charge in [0.2, 0.25) is 0 Å². The molecule has 3 rings (SSSR count). The van der Waals surface area contributed by atoms with Crippen LogP contribution in [0.3, 0.4) is 0 Å². The molecule has 1 aliphatic rings. The minimum atomic E-state index is -0.430. The van der Waals surface area contributed by atoms with Gasteiger partial charge in [0, 0.05) is 10.6 Å². The van der Waals surface area contributed by atoms with Gasteiger partial charge >= 0.3 is 0 Å². The molecule has 2 aromatic carbocycles. The summed E-state index contributed by atoms with van der Waals surface area (Å²) in [6, 6.07) is 16.2. The first-order chi connectivity index (χ1) is 12.9. The van der Waals surface area contributed by atoms with Crippen LogP contribution in [-0.4, -0.2) is 21.1 Å². The van der Waals surface area contributed by atoms with Crippen LogP contribution in [-0.2, 0) is 4.79 Å². The molecule has 0 saturated carbocycles. The number of carbonyl (C=O) groups excluding carboxylic acids is 2. The number of hydrogen-bond donors (Lipinski definition) is 1. The molecule has 1 aliphatic heterocycles. The van der Waals surface area contributed by atoms with E-state index in [2.05, 4.69) is 5.43 Å². The highest BCUT2D eigenvalue weighted by molar-refractivity contribution is 8.26. The van der Waals surface area contributed by atoms with Crippen molar-refractivity contribution in [3.05, 3.63) is 87.3 Å². The summed E-state index contributed by atoms with van der Waals surface area (Å²) < 4.78 is 0.279. The lowest BCUT2D eigenvalue weighted by molar-refractivity contribution is -0.123. The number of carbonyl (C=O) groups is 2. The topological polar surface area (TPSA) is 49.4 Å². The van der Waals surface area contributed by atoms with Gasteiger partial charge < -0.3 is 0 Å². The number of halogens is 1. The summed E-state index contributed by atoms with van der Waals surface area (Å²) in [5.41, 5.74) is 4.88. The summed E-state index contributed by atoms with van der Waals surface area (Å²) in [4.78, 5) is 25.4. The molecule has 1 heterocycles. The SMILES string of the molecule is CC(=Cc1ccccc1)C=C1SC(=S)N(NC(=O)c2ccc(Cl)cc2)C1=O. The number of thioether (sulfide) groups is 1. The fourth-order valence-electron chi connectivity index (χ4n) is 2.39. The van der Waals surface area contributed by atoms with Gasteiger partial charge in [-0.1, -0.05) is 59.8 Å². The van der Waals surface area contributed by atoms with Crippen molar-refractivity contribution in [2.75, 3.05) is 0 Å².